The molecule has 0 saturated carbocycles. The number of benzene rings is 1. The number of likely N-dealkylation sites (tertiary alicyclic amines) is 1. The van der Waals surface area contributed by atoms with Gasteiger partial charge in [0.2, 0.25) is 5.88 Å². The Morgan fingerprint density at radius 2 is 1.76 bits per heavy atom. The molecular weight excluding hydrogens is 330 g/mol. The fourth-order valence-corrected chi connectivity index (χ4v) is 3.57. The Kier molecular flexibility index (Phi) is 4.91. The molecule has 0 bridgehead atoms. The minimum Gasteiger partial charge on any atom is -0.474 e. The number of aromatic nitrogens is 2. The van der Waals surface area contributed by atoms with Gasteiger partial charge in [-0.05, 0) is 44.0 Å². The Morgan fingerprint density at radius 1 is 1.00 bits per heavy atom. The number of ether oxygens (including phenoxy) is 1. The van der Waals surface area contributed by atoms with Crippen molar-refractivity contribution in [3.63, 3.8) is 0 Å². The van der Waals surface area contributed by atoms with Gasteiger partial charge in [-0.3, -0.25) is 4.90 Å². The second-order valence-electron chi connectivity index (χ2n) is 6.03. The average molecular weight is 349 g/mol. The van der Waals surface area contributed by atoms with Crippen molar-refractivity contribution in [2.24, 2.45) is 0 Å². The van der Waals surface area contributed by atoms with Crippen LogP contribution in [0.5, 0.6) is 5.88 Å². The van der Waals surface area contributed by atoms with Crippen molar-refractivity contribution in [2.45, 2.75) is 12.8 Å². The highest BCUT2D eigenvalue weighted by Crippen LogP contribution is 2.21. The van der Waals surface area contributed by atoms with E-state index >= 15 is 0 Å². The van der Waals surface area contributed by atoms with Crippen molar-refractivity contribution in [3.05, 3.63) is 52.3 Å². The van der Waals surface area contributed by atoms with Crippen LogP contribution in [-0.4, -0.2) is 41.1 Å². The molecular formula is C20H19N3OS. The van der Waals surface area contributed by atoms with E-state index < -0.39 is 0 Å². The van der Waals surface area contributed by atoms with Crippen LogP contribution in [0, 0.1) is 11.8 Å². The van der Waals surface area contributed by atoms with E-state index in [2.05, 4.69) is 26.7 Å². The molecule has 0 aliphatic carbocycles. The quantitative estimate of drug-likeness (QED) is 0.675. The summed E-state index contributed by atoms with van der Waals surface area (Å²) in [5, 5.41) is 3.98. The van der Waals surface area contributed by atoms with Crippen LogP contribution in [0.15, 0.2) is 41.1 Å². The fraction of sp³-hybridized carbons (Fsp3) is 0.300. The van der Waals surface area contributed by atoms with Crippen molar-refractivity contribution in [1.29, 1.82) is 0 Å². The molecule has 1 saturated heterocycles. The van der Waals surface area contributed by atoms with E-state index in [1.165, 1.54) is 25.9 Å². The molecule has 0 amide bonds. The van der Waals surface area contributed by atoms with E-state index in [9.17, 15) is 0 Å². The summed E-state index contributed by atoms with van der Waals surface area (Å²) in [4.78, 5) is 11.7. The van der Waals surface area contributed by atoms with Gasteiger partial charge in [-0.1, -0.05) is 24.1 Å². The Hall–Kier alpha value is -2.42. The molecule has 0 N–H and O–H groups in total. The zero-order valence-electron chi connectivity index (χ0n) is 13.9. The standard InChI is InChI=1S/C20H19N3OS/c1-2-6-16(7-3-1)8-9-17-20(22-19-15-25-14-18(19)21-17)24-13-12-23-10-4-5-11-23/h1-3,6-7,14-15H,4-5,10-13H2. The second-order valence-corrected chi connectivity index (χ2v) is 6.78. The van der Waals surface area contributed by atoms with E-state index in [4.69, 9.17) is 4.74 Å². The molecule has 4 rings (SSSR count). The van der Waals surface area contributed by atoms with Crippen LogP contribution >= 0.6 is 11.3 Å². The van der Waals surface area contributed by atoms with Crippen LogP contribution in [-0.2, 0) is 0 Å². The molecule has 5 heteroatoms. The van der Waals surface area contributed by atoms with Gasteiger partial charge in [0.25, 0.3) is 0 Å². The number of rotatable bonds is 4. The van der Waals surface area contributed by atoms with Gasteiger partial charge in [0, 0.05) is 22.9 Å². The van der Waals surface area contributed by atoms with Gasteiger partial charge in [-0.15, -0.1) is 11.3 Å². The third kappa shape index (κ3) is 3.98. The van der Waals surface area contributed by atoms with E-state index in [0.717, 1.165) is 23.1 Å². The average Bonchev–Trinajstić information content (AvgIpc) is 3.32. The largest absolute Gasteiger partial charge is 0.474 e. The number of nitrogens with zero attached hydrogens (tertiary/aromatic N) is 3. The van der Waals surface area contributed by atoms with Gasteiger partial charge in [0.05, 0.1) is 0 Å². The molecule has 3 aromatic rings. The van der Waals surface area contributed by atoms with Crippen LogP contribution in [0.4, 0.5) is 0 Å². The van der Waals surface area contributed by atoms with Crippen LogP contribution in [0.1, 0.15) is 24.1 Å². The summed E-state index contributed by atoms with van der Waals surface area (Å²) in [5.41, 5.74) is 3.30. The minimum atomic E-state index is 0.536. The van der Waals surface area contributed by atoms with Gasteiger partial charge in [0.1, 0.15) is 17.6 Å². The van der Waals surface area contributed by atoms with Crippen LogP contribution in [0.25, 0.3) is 11.0 Å². The molecule has 0 radical (unpaired) electrons. The molecule has 25 heavy (non-hydrogen) atoms. The Labute approximate surface area is 151 Å². The number of hydrogen-bond acceptors (Lipinski definition) is 5. The zero-order chi connectivity index (χ0) is 16.9. The Morgan fingerprint density at radius 3 is 2.56 bits per heavy atom. The summed E-state index contributed by atoms with van der Waals surface area (Å²) in [5.74, 6) is 6.82. The molecule has 1 aromatic carbocycles. The number of thiophene rings is 1. The first kappa shape index (κ1) is 16.1. The highest BCUT2D eigenvalue weighted by molar-refractivity contribution is 7.09. The van der Waals surface area contributed by atoms with Gasteiger partial charge in [-0.2, -0.15) is 0 Å². The molecule has 1 fully saturated rings. The minimum absolute atomic E-state index is 0.536. The van der Waals surface area contributed by atoms with Crippen molar-refractivity contribution in [3.8, 4) is 17.7 Å². The zero-order valence-corrected chi connectivity index (χ0v) is 14.8. The smallest absolute Gasteiger partial charge is 0.249 e. The molecule has 0 unspecified atom stereocenters. The summed E-state index contributed by atoms with van der Waals surface area (Å²) in [7, 11) is 0. The van der Waals surface area contributed by atoms with Gasteiger partial charge in [0.15, 0.2) is 5.69 Å². The summed E-state index contributed by atoms with van der Waals surface area (Å²) in [6.45, 7) is 3.87. The summed E-state index contributed by atoms with van der Waals surface area (Å²) in [6, 6.07) is 9.90. The van der Waals surface area contributed by atoms with E-state index in [1.807, 2.05) is 41.1 Å². The van der Waals surface area contributed by atoms with Crippen molar-refractivity contribution >= 4 is 22.4 Å². The van der Waals surface area contributed by atoms with Crippen molar-refractivity contribution in [1.82, 2.24) is 14.9 Å². The highest BCUT2D eigenvalue weighted by atomic mass is 32.1. The first-order valence-corrected chi connectivity index (χ1v) is 9.49. The first-order valence-electron chi connectivity index (χ1n) is 8.55. The lowest BCUT2D eigenvalue weighted by molar-refractivity contribution is 0.231. The van der Waals surface area contributed by atoms with Crippen LogP contribution < -0.4 is 4.74 Å². The van der Waals surface area contributed by atoms with Crippen LogP contribution in [0.3, 0.4) is 0 Å². The normalized spacial score (nSPS) is 14.4. The highest BCUT2D eigenvalue weighted by Gasteiger charge is 2.13. The number of hydrogen-bond donors (Lipinski definition) is 0. The lowest BCUT2D eigenvalue weighted by Crippen LogP contribution is -2.25. The van der Waals surface area contributed by atoms with Crippen molar-refractivity contribution in [2.75, 3.05) is 26.2 Å². The first-order chi connectivity index (χ1) is 12.4. The third-order valence-corrected chi connectivity index (χ3v) is 4.94. The van der Waals surface area contributed by atoms with E-state index in [0.29, 0.717) is 18.2 Å². The molecule has 0 spiro atoms. The van der Waals surface area contributed by atoms with Gasteiger partial charge in [-0.25, -0.2) is 9.97 Å². The molecule has 126 valence electrons. The third-order valence-electron chi connectivity index (χ3n) is 4.22. The molecule has 1 aliphatic heterocycles. The predicted molar refractivity (Wildman–Crippen MR) is 101 cm³/mol. The fourth-order valence-electron chi connectivity index (χ4n) is 2.89. The summed E-state index contributed by atoms with van der Waals surface area (Å²) >= 11 is 1.59. The molecule has 0 atom stereocenters. The second kappa shape index (κ2) is 7.64. The van der Waals surface area contributed by atoms with Crippen molar-refractivity contribution < 1.29 is 4.74 Å². The molecule has 2 aromatic heterocycles. The summed E-state index contributed by atoms with van der Waals surface area (Å²) < 4.78 is 5.95. The molecule has 4 nitrogen and oxygen atoms in total. The Balaban J connectivity index is 1.56. The molecule has 3 heterocycles. The van der Waals surface area contributed by atoms with Gasteiger partial charge >= 0.3 is 0 Å². The lowest BCUT2D eigenvalue weighted by Gasteiger charge is -2.14. The van der Waals surface area contributed by atoms with Gasteiger partial charge < -0.3 is 4.74 Å². The monoisotopic (exact) mass is 349 g/mol. The maximum Gasteiger partial charge on any atom is 0.249 e. The predicted octanol–water partition coefficient (Wildman–Crippen LogP) is 3.57. The topological polar surface area (TPSA) is 38.3 Å². The lowest BCUT2D eigenvalue weighted by atomic mass is 10.2. The van der Waals surface area contributed by atoms with E-state index in [1.54, 1.807) is 11.3 Å². The molecule has 1 aliphatic rings. The van der Waals surface area contributed by atoms with E-state index in [-0.39, 0.29) is 0 Å². The SMILES string of the molecule is C(#Cc1nc2cscc2nc1OCCN1CCCC1)c1ccccc1. The Bertz CT molecular complexity index is 905. The van der Waals surface area contributed by atoms with Crippen LogP contribution in [0.2, 0.25) is 0 Å². The maximum absolute atomic E-state index is 5.95. The summed E-state index contributed by atoms with van der Waals surface area (Å²) in [6.07, 6.45) is 2.57. The maximum atomic E-state index is 5.95. The number of fused-ring (bicyclic) bond motifs is 1.